The molecular weight excluding hydrogens is 234 g/mol. The summed E-state index contributed by atoms with van der Waals surface area (Å²) in [6.45, 7) is 0. The number of thioether (sulfide) groups is 1. The van der Waals surface area contributed by atoms with E-state index in [0.29, 0.717) is 11.7 Å². The molecule has 0 radical (unpaired) electrons. The highest BCUT2D eigenvalue weighted by molar-refractivity contribution is 7.99. The average Bonchev–Trinajstić information content (AvgIpc) is 2.84. The first-order valence-corrected chi connectivity index (χ1v) is 6.79. The zero-order valence-electron chi connectivity index (χ0n) is 9.85. The van der Waals surface area contributed by atoms with E-state index in [9.17, 15) is 4.79 Å². The third-order valence-electron chi connectivity index (χ3n) is 2.94. The molecule has 4 nitrogen and oxygen atoms in total. The van der Waals surface area contributed by atoms with E-state index in [2.05, 4.69) is 5.32 Å². The van der Waals surface area contributed by atoms with Gasteiger partial charge in [0.25, 0.3) is 0 Å². The molecule has 0 aliphatic carbocycles. The van der Waals surface area contributed by atoms with Gasteiger partial charge in [0.1, 0.15) is 0 Å². The SMILES string of the molecule is CN(C(=O)Nc1ccc(N)cc1)C1CCSC1. The molecule has 92 valence electrons. The van der Waals surface area contributed by atoms with Gasteiger partial charge in [-0.1, -0.05) is 0 Å². The van der Waals surface area contributed by atoms with Crippen LogP contribution >= 0.6 is 11.8 Å². The van der Waals surface area contributed by atoms with Gasteiger partial charge >= 0.3 is 6.03 Å². The summed E-state index contributed by atoms with van der Waals surface area (Å²) in [5.41, 5.74) is 7.07. The van der Waals surface area contributed by atoms with Gasteiger partial charge < -0.3 is 16.0 Å². The Hall–Kier alpha value is -1.36. The van der Waals surface area contributed by atoms with Crippen LogP contribution in [0.3, 0.4) is 0 Å². The van der Waals surface area contributed by atoms with Gasteiger partial charge in [0.05, 0.1) is 0 Å². The van der Waals surface area contributed by atoms with E-state index in [1.807, 2.05) is 30.9 Å². The Kier molecular flexibility index (Phi) is 3.78. The average molecular weight is 251 g/mol. The lowest BCUT2D eigenvalue weighted by Crippen LogP contribution is -2.39. The summed E-state index contributed by atoms with van der Waals surface area (Å²) < 4.78 is 0. The van der Waals surface area contributed by atoms with E-state index in [-0.39, 0.29) is 6.03 Å². The lowest BCUT2D eigenvalue weighted by molar-refractivity contribution is 0.209. The second-order valence-corrected chi connectivity index (χ2v) is 5.33. The summed E-state index contributed by atoms with van der Waals surface area (Å²) in [6.07, 6.45) is 1.08. The Bertz CT molecular complexity index is 387. The molecule has 0 bridgehead atoms. The Morgan fingerprint density at radius 3 is 2.76 bits per heavy atom. The van der Waals surface area contributed by atoms with Crippen LogP contribution in [0.5, 0.6) is 0 Å². The third-order valence-corrected chi connectivity index (χ3v) is 4.08. The molecule has 1 atom stereocenters. The molecule has 17 heavy (non-hydrogen) atoms. The summed E-state index contributed by atoms with van der Waals surface area (Å²) in [5, 5.41) is 2.87. The van der Waals surface area contributed by atoms with Gasteiger partial charge in [0, 0.05) is 30.2 Å². The number of nitrogen functional groups attached to an aromatic ring is 1. The molecule has 5 heteroatoms. The fraction of sp³-hybridized carbons (Fsp3) is 0.417. The van der Waals surface area contributed by atoms with Crippen molar-refractivity contribution in [3.05, 3.63) is 24.3 Å². The number of carbonyl (C=O) groups excluding carboxylic acids is 1. The van der Waals surface area contributed by atoms with Gasteiger partial charge in [-0.3, -0.25) is 0 Å². The maximum absolute atomic E-state index is 12.0. The molecule has 1 aromatic carbocycles. The van der Waals surface area contributed by atoms with Crippen LogP contribution in [0.15, 0.2) is 24.3 Å². The van der Waals surface area contributed by atoms with Crippen LogP contribution in [0.4, 0.5) is 16.2 Å². The highest BCUT2D eigenvalue weighted by Gasteiger charge is 2.23. The number of anilines is 2. The van der Waals surface area contributed by atoms with Gasteiger partial charge in [-0.25, -0.2) is 4.79 Å². The molecule has 1 fully saturated rings. The number of hydrogen-bond acceptors (Lipinski definition) is 3. The molecular formula is C12H17N3OS. The summed E-state index contributed by atoms with van der Waals surface area (Å²) in [4.78, 5) is 13.7. The van der Waals surface area contributed by atoms with E-state index in [1.54, 1.807) is 17.0 Å². The summed E-state index contributed by atoms with van der Waals surface area (Å²) >= 11 is 1.90. The number of nitrogens with zero attached hydrogens (tertiary/aromatic N) is 1. The van der Waals surface area contributed by atoms with Gasteiger partial charge in [0.15, 0.2) is 0 Å². The minimum absolute atomic E-state index is 0.0535. The Labute approximate surface area is 106 Å². The molecule has 2 amide bonds. The zero-order valence-corrected chi connectivity index (χ0v) is 10.7. The van der Waals surface area contributed by atoms with Gasteiger partial charge in [0.2, 0.25) is 0 Å². The van der Waals surface area contributed by atoms with Crippen molar-refractivity contribution in [1.82, 2.24) is 4.90 Å². The van der Waals surface area contributed by atoms with Crippen molar-refractivity contribution in [2.75, 3.05) is 29.6 Å². The highest BCUT2D eigenvalue weighted by Crippen LogP contribution is 2.22. The van der Waals surface area contributed by atoms with Crippen LogP contribution in [0.25, 0.3) is 0 Å². The quantitative estimate of drug-likeness (QED) is 0.792. The van der Waals surface area contributed by atoms with Crippen LogP contribution in [0.1, 0.15) is 6.42 Å². The molecule has 0 aromatic heterocycles. The molecule has 1 heterocycles. The first kappa shape index (κ1) is 12.1. The first-order chi connectivity index (χ1) is 8.16. The van der Waals surface area contributed by atoms with E-state index in [4.69, 9.17) is 5.73 Å². The second-order valence-electron chi connectivity index (χ2n) is 4.18. The highest BCUT2D eigenvalue weighted by atomic mass is 32.2. The van der Waals surface area contributed by atoms with Crippen molar-refractivity contribution in [1.29, 1.82) is 0 Å². The molecule has 0 saturated carbocycles. The maximum atomic E-state index is 12.0. The molecule has 1 aromatic rings. The molecule has 0 spiro atoms. The smallest absolute Gasteiger partial charge is 0.321 e. The number of rotatable bonds is 2. The maximum Gasteiger partial charge on any atom is 0.321 e. The zero-order chi connectivity index (χ0) is 12.3. The van der Waals surface area contributed by atoms with Crippen molar-refractivity contribution in [3.63, 3.8) is 0 Å². The standard InChI is InChI=1S/C12H17N3OS/c1-15(11-6-7-17-8-11)12(16)14-10-4-2-9(13)3-5-10/h2-5,11H,6-8,13H2,1H3,(H,14,16). The normalized spacial score (nSPS) is 19.0. The number of carbonyl (C=O) groups is 1. The number of urea groups is 1. The van der Waals surface area contributed by atoms with Crippen molar-refractivity contribution >= 4 is 29.2 Å². The molecule has 2 rings (SSSR count). The van der Waals surface area contributed by atoms with Crippen LogP contribution in [0.2, 0.25) is 0 Å². The van der Waals surface area contributed by atoms with Crippen LogP contribution in [-0.2, 0) is 0 Å². The molecule has 3 N–H and O–H groups in total. The summed E-state index contributed by atoms with van der Waals surface area (Å²) in [6, 6.07) is 7.48. The number of hydrogen-bond donors (Lipinski definition) is 2. The second kappa shape index (κ2) is 5.31. The van der Waals surface area contributed by atoms with E-state index in [1.165, 1.54) is 0 Å². The third kappa shape index (κ3) is 3.06. The van der Waals surface area contributed by atoms with Crippen molar-refractivity contribution in [2.45, 2.75) is 12.5 Å². The predicted molar refractivity (Wildman–Crippen MR) is 73.4 cm³/mol. The van der Waals surface area contributed by atoms with Crippen molar-refractivity contribution in [2.24, 2.45) is 0 Å². The topological polar surface area (TPSA) is 58.4 Å². The monoisotopic (exact) mass is 251 g/mol. The number of benzene rings is 1. The largest absolute Gasteiger partial charge is 0.399 e. The Morgan fingerprint density at radius 1 is 1.47 bits per heavy atom. The van der Waals surface area contributed by atoms with Gasteiger partial charge in [-0.2, -0.15) is 11.8 Å². The molecule has 1 aliphatic rings. The van der Waals surface area contributed by atoms with E-state index >= 15 is 0 Å². The lowest BCUT2D eigenvalue weighted by atomic mass is 10.2. The fourth-order valence-corrected chi connectivity index (χ4v) is 3.04. The van der Waals surface area contributed by atoms with Crippen LogP contribution in [-0.4, -0.2) is 35.5 Å². The first-order valence-electron chi connectivity index (χ1n) is 5.64. The van der Waals surface area contributed by atoms with Crippen molar-refractivity contribution < 1.29 is 4.79 Å². The minimum Gasteiger partial charge on any atom is -0.399 e. The minimum atomic E-state index is -0.0535. The van der Waals surface area contributed by atoms with Gasteiger partial charge in [-0.05, 0) is 36.4 Å². The Morgan fingerprint density at radius 2 is 2.18 bits per heavy atom. The van der Waals surface area contributed by atoms with E-state index < -0.39 is 0 Å². The predicted octanol–water partition coefficient (Wildman–Crippen LogP) is 2.24. The lowest BCUT2D eigenvalue weighted by Gasteiger charge is -2.24. The summed E-state index contributed by atoms with van der Waals surface area (Å²) in [5.74, 6) is 2.18. The molecule has 1 aliphatic heterocycles. The Balaban J connectivity index is 1.93. The molecule has 1 unspecified atom stereocenters. The van der Waals surface area contributed by atoms with Crippen LogP contribution in [0, 0.1) is 0 Å². The summed E-state index contributed by atoms with van der Waals surface area (Å²) in [7, 11) is 1.85. The number of nitrogens with one attached hydrogen (secondary N) is 1. The van der Waals surface area contributed by atoms with Crippen LogP contribution < -0.4 is 11.1 Å². The fourth-order valence-electron chi connectivity index (χ4n) is 1.77. The van der Waals surface area contributed by atoms with Gasteiger partial charge in [-0.15, -0.1) is 0 Å². The number of nitrogens with two attached hydrogens (primary N) is 1. The number of amides is 2. The van der Waals surface area contributed by atoms with E-state index in [0.717, 1.165) is 23.6 Å². The van der Waals surface area contributed by atoms with Crippen molar-refractivity contribution in [3.8, 4) is 0 Å². The molecule has 1 saturated heterocycles.